The zero-order chi connectivity index (χ0) is 13.1. The van der Waals surface area contributed by atoms with E-state index in [2.05, 4.69) is 9.05 Å². The zero-order valence-corrected chi connectivity index (χ0v) is 10.3. The number of hydrogen-bond acceptors (Lipinski definition) is 5. The first-order valence-electron chi connectivity index (χ1n) is 4.67. The van der Waals surface area contributed by atoms with Gasteiger partial charge in [-0.3, -0.25) is 4.57 Å². The largest absolute Gasteiger partial charge is 0.478 e. The number of aliphatic hydroxyl groups is 1. The van der Waals surface area contributed by atoms with Gasteiger partial charge in [-0.25, -0.2) is 4.79 Å². The molecule has 0 saturated heterocycles. The molecule has 0 aliphatic carbocycles. The Labute approximate surface area is 98.3 Å². The quantitative estimate of drug-likeness (QED) is 0.785. The molecule has 1 unspecified atom stereocenters. The number of hydrogen-bond donors (Lipinski definition) is 2. The second kappa shape index (κ2) is 5.42. The Balaban J connectivity index is 3.25. The first-order chi connectivity index (χ1) is 7.96. The SMILES string of the molecule is COP(=O)(OC)C(O)c1ccccc1C(=O)O. The molecule has 0 aliphatic rings. The van der Waals surface area contributed by atoms with Crippen LogP contribution in [-0.2, 0) is 13.6 Å². The predicted molar refractivity (Wildman–Crippen MR) is 60.0 cm³/mol. The van der Waals surface area contributed by atoms with Crippen molar-refractivity contribution in [3.05, 3.63) is 35.4 Å². The van der Waals surface area contributed by atoms with Crippen molar-refractivity contribution in [1.82, 2.24) is 0 Å². The van der Waals surface area contributed by atoms with Gasteiger partial charge in [0, 0.05) is 19.8 Å². The van der Waals surface area contributed by atoms with E-state index < -0.39 is 19.4 Å². The van der Waals surface area contributed by atoms with Gasteiger partial charge in [0.25, 0.3) is 0 Å². The minimum atomic E-state index is -3.77. The maximum absolute atomic E-state index is 11.9. The molecule has 1 rings (SSSR count). The molecule has 0 saturated carbocycles. The number of aliphatic hydroxyl groups excluding tert-OH is 1. The average Bonchev–Trinajstić information content (AvgIpc) is 2.36. The van der Waals surface area contributed by atoms with Crippen molar-refractivity contribution in [2.45, 2.75) is 5.85 Å². The molecule has 1 aromatic rings. The van der Waals surface area contributed by atoms with Crippen LogP contribution in [0.3, 0.4) is 0 Å². The Bertz CT molecular complexity index is 450. The molecule has 6 nitrogen and oxygen atoms in total. The molecule has 2 N–H and O–H groups in total. The van der Waals surface area contributed by atoms with Gasteiger partial charge in [0.1, 0.15) is 0 Å². The highest BCUT2D eigenvalue weighted by molar-refractivity contribution is 7.54. The molecule has 1 aromatic carbocycles. The minimum Gasteiger partial charge on any atom is -0.478 e. The summed E-state index contributed by atoms with van der Waals surface area (Å²) in [5.41, 5.74) is -0.152. The number of aromatic carboxylic acids is 1. The number of carboxylic acid groups (broad SMARTS) is 1. The van der Waals surface area contributed by atoms with Crippen LogP contribution >= 0.6 is 7.60 Å². The smallest absolute Gasteiger partial charge is 0.362 e. The molecule has 0 amide bonds. The number of benzene rings is 1. The van der Waals surface area contributed by atoms with Crippen molar-refractivity contribution in [2.75, 3.05) is 14.2 Å². The second-order valence-electron chi connectivity index (χ2n) is 3.17. The average molecular weight is 260 g/mol. The lowest BCUT2D eigenvalue weighted by Crippen LogP contribution is -2.09. The summed E-state index contributed by atoms with van der Waals surface area (Å²) in [5, 5.41) is 18.8. The van der Waals surface area contributed by atoms with Crippen LogP contribution in [0.2, 0.25) is 0 Å². The van der Waals surface area contributed by atoms with Crippen LogP contribution in [0.4, 0.5) is 0 Å². The molecule has 7 heteroatoms. The summed E-state index contributed by atoms with van der Waals surface area (Å²) in [7, 11) is -1.52. The molecule has 17 heavy (non-hydrogen) atoms. The molecule has 0 spiro atoms. The van der Waals surface area contributed by atoms with E-state index in [1.165, 1.54) is 24.3 Å². The number of carbonyl (C=O) groups is 1. The van der Waals surface area contributed by atoms with Crippen LogP contribution < -0.4 is 0 Å². The highest BCUT2D eigenvalue weighted by atomic mass is 31.2. The maximum atomic E-state index is 11.9. The van der Waals surface area contributed by atoms with Gasteiger partial charge in [-0.15, -0.1) is 0 Å². The van der Waals surface area contributed by atoms with Gasteiger partial charge in [-0.05, 0) is 6.07 Å². The van der Waals surface area contributed by atoms with E-state index >= 15 is 0 Å². The fraction of sp³-hybridized carbons (Fsp3) is 0.300. The number of carboxylic acids is 1. The molecule has 94 valence electrons. The summed E-state index contributed by atoms with van der Waals surface area (Å²) in [6.45, 7) is 0. The van der Waals surface area contributed by atoms with Crippen LogP contribution in [-0.4, -0.2) is 30.4 Å². The summed E-state index contributed by atoms with van der Waals surface area (Å²) in [6, 6.07) is 5.69. The van der Waals surface area contributed by atoms with Crippen LogP contribution in [0.25, 0.3) is 0 Å². The fourth-order valence-electron chi connectivity index (χ4n) is 1.36. The molecule has 0 fully saturated rings. The zero-order valence-electron chi connectivity index (χ0n) is 9.36. The maximum Gasteiger partial charge on any atom is 0.362 e. The third kappa shape index (κ3) is 2.73. The summed E-state index contributed by atoms with van der Waals surface area (Å²) in [4.78, 5) is 10.9. The predicted octanol–water partition coefficient (Wildman–Crippen LogP) is 1.86. The third-order valence-electron chi connectivity index (χ3n) is 2.28. The van der Waals surface area contributed by atoms with E-state index in [0.29, 0.717) is 0 Å². The van der Waals surface area contributed by atoms with E-state index in [1.807, 2.05) is 0 Å². The first kappa shape index (κ1) is 13.9. The molecular formula is C10H13O6P. The van der Waals surface area contributed by atoms with Crippen LogP contribution in [0.15, 0.2) is 24.3 Å². The summed E-state index contributed by atoms with van der Waals surface area (Å²) in [6.07, 6.45) is 0. The van der Waals surface area contributed by atoms with Crippen molar-refractivity contribution < 1.29 is 28.6 Å². The minimum absolute atomic E-state index is 0.00738. The number of rotatable bonds is 5. The van der Waals surface area contributed by atoms with E-state index in [4.69, 9.17) is 5.11 Å². The van der Waals surface area contributed by atoms with Crippen molar-refractivity contribution in [1.29, 1.82) is 0 Å². The lowest BCUT2D eigenvalue weighted by molar-refractivity contribution is 0.0692. The van der Waals surface area contributed by atoms with Gasteiger partial charge < -0.3 is 19.3 Å². The third-order valence-corrected chi connectivity index (χ3v) is 4.17. The van der Waals surface area contributed by atoms with Gasteiger partial charge in [0.2, 0.25) is 0 Å². The van der Waals surface area contributed by atoms with Crippen LogP contribution in [0.5, 0.6) is 0 Å². The van der Waals surface area contributed by atoms with E-state index in [9.17, 15) is 14.5 Å². The van der Waals surface area contributed by atoms with E-state index in [0.717, 1.165) is 14.2 Å². The molecule has 0 aromatic heterocycles. The van der Waals surface area contributed by atoms with Gasteiger partial charge >= 0.3 is 13.6 Å². The monoisotopic (exact) mass is 260 g/mol. The van der Waals surface area contributed by atoms with Crippen LogP contribution in [0.1, 0.15) is 21.8 Å². The van der Waals surface area contributed by atoms with Gasteiger partial charge in [0.15, 0.2) is 5.85 Å². The molecule has 0 aliphatic heterocycles. The Morgan fingerprint density at radius 2 is 1.82 bits per heavy atom. The Morgan fingerprint density at radius 3 is 2.29 bits per heavy atom. The summed E-state index contributed by atoms with van der Waals surface area (Å²) in [5.74, 6) is -2.86. The molecule has 0 radical (unpaired) electrons. The van der Waals surface area contributed by atoms with Gasteiger partial charge in [-0.1, -0.05) is 18.2 Å². The summed E-state index contributed by atoms with van der Waals surface area (Å²) >= 11 is 0. The molecule has 0 bridgehead atoms. The second-order valence-corrected chi connectivity index (χ2v) is 5.47. The highest BCUT2D eigenvalue weighted by Crippen LogP contribution is 2.58. The van der Waals surface area contributed by atoms with Crippen molar-refractivity contribution in [3.63, 3.8) is 0 Å². The van der Waals surface area contributed by atoms with Crippen LogP contribution in [0, 0.1) is 0 Å². The van der Waals surface area contributed by atoms with Crippen molar-refractivity contribution in [2.24, 2.45) is 0 Å². The van der Waals surface area contributed by atoms with E-state index in [-0.39, 0.29) is 11.1 Å². The standard InChI is InChI=1S/C10H13O6P/c1-15-17(14,16-2)10(13)8-6-4-3-5-7(8)9(11)12/h3-6,10,13H,1-2H3,(H,11,12). The normalized spacial score (nSPS) is 13.4. The first-order valence-corrected chi connectivity index (χ1v) is 6.29. The molecule has 0 heterocycles. The Morgan fingerprint density at radius 1 is 1.29 bits per heavy atom. The highest BCUT2D eigenvalue weighted by Gasteiger charge is 2.35. The fourth-order valence-corrected chi connectivity index (χ4v) is 2.48. The Kier molecular flexibility index (Phi) is 4.42. The van der Waals surface area contributed by atoms with Crippen molar-refractivity contribution in [3.8, 4) is 0 Å². The molecule has 1 atom stereocenters. The van der Waals surface area contributed by atoms with E-state index in [1.54, 1.807) is 0 Å². The Hall–Kier alpha value is -1.20. The lowest BCUT2D eigenvalue weighted by Gasteiger charge is -2.21. The lowest BCUT2D eigenvalue weighted by atomic mass is 10.1. The topological polar surface area (TPSA) is 93.1 Å². The van der Waals surface area contributed by atoms with Gasteiger partial charge in [0.05, 0.1) is 5.56 Å². The summed E-state index contributed by atoms with van der Waals surface area (Å²) < 4.78 is 21.2. The molecular weight excluding hydrogens is 247 g/mol. The van der Waals surface area contributed by atoms with Gasteiger partial charge in [-0.2, -0.15) is 0 Å². The van der Waals surface area contributed by atoms with Crippen molar-refractivity contribution >= 4 is 13.6 Å².